The Hall–Kier alpha value is -1.84. The lowest BCUT2D eigenvalue weighted by atomic mass is 10.1. The molecule has 3 aromatic rings. The predicted molar refractivity (Wildman–Crippen MR) is 125 cm³/mol. The molecule has 6 nitrogen and oxygen atoms in total. The minimum absolute atomic E-state index is 0. The molecule has 0 spiro atoms. The van der Waals surface area contributed by atoms with Crippen LogP contribution < -0.4 is 4.74 Å². The van der Waals surface area contributed by atoms with Gasteiger partial charge in [0.15, 0.2) is 0 Å². The molecule has 31 heavy (non-hydrogen) atoms. The molecular formula is C21H26Cl2FN3O3S. The largest absolute Gasteiger partial charge is 0.497 e. The van der Waals surface area contributed by atoms with Gasteiger partial charge in [-0.2, -0.15) is 0 Å². The van der Waals surface area contributed by atoms with E-state index in [1.54, 1.807) is 25.4 Å². The molecule has 0 unspecified atom stereocenters. The number of fused-ring (bicyclic) bond motifs is 1. The van der Waals surface area contributed by atoms with E-state index in [9.17, 15) is 12.8 Å². The average Bonchev–Trinajstić information content (AvgIpc) is 3.08. The van der Waals surface area contributed by atoms with Gasteiger partial charge in [-0.15, -0.1) is 24.8 Å². The van der Waals surface area contributed by atoms with E-state index in [1.165, 1.54) is 16.1 Å². The van der Waals surface area contributed by atoms with E-state index in [0.29, 0.717) is 17.8 Å². The molecule has 0 bridgehead atoms. The van der Waals surface area contributed by atoms with Crippen LogP contribution in [-0.2, 0) is 16.6 Å². The fraction of sp³-hybridized carbons (Fsp3) is 0.333. The van der Waals surface area contributed by atoms with E-state index in [1.807, 2.05) is 6.07 Å². The van der Waals surface area contributed by atoms with Crippen LogP contribution in [0.25, 0.3) is 10.9 Å². The molecule has 170 valence electrons. The Kier molecular flexibility index (Phi) is 8.35. The highest BCUT2D eigenvalue weighted by Gasteiger charge is 2.23. The van der Waals surface area contributed by atoms with E-state index in [-0.39, 0.29) is 29.7 Å². The molecular weight excluding hydrogens is 464 g/mol. The van der Waals surface area contributed by atoms with Gasteiger partial charge in [-0.3, -0.25) is 4.90 Å². The highest BCUT2D eigenvalue weighted by Crippen LogP contribution is 2.30. The van der Waals surface area contributed by atoms with E-state index in [4.69, 9.17) is 4.74 Å². The SMILES string of the molecule is COc1ccc2c(c1)c(CN1CCN(C)CC1)cn2S(=O)(=O)c1ccc(F)cc1.Cl.Cl. The first-order valence-corrected chi connectivity index (χ1v) is 10.9. The van der Waals surface area contributed by atoms with E-state index < -0.39 is 15.8 Å². The number of piperazine rings is 1. The van der Waals surface area contributed by atoms with Crippen molar-refractivity contribution in [3.05, 3.63) is 60.0 Å². The van der Waals surface area contributed by atoms with E-state index >= 15 is 0 Å². The number of hydrogen-bond acceptors (Lipinski definition) is 5. The minimum Gasteiger partial charge on any atom is -0.497 e. The number of halogens is 3. The van der Waals surface area contributed by atoms with Crippen LogP contribution in [-0.4, -0.2) is 62.5 Å². The van der Waals surface area contributed by atoms with Gasteiger partial charge in [0.25, 0.3) is 10.0 Å². The van der Waals surface area contributed by atoms with Gasteiger partial charge >= 0.3 is 0 Å². The average molecular weight is 490 g/mol. The Bertz CT molecular complexity index is 1130. The molecule has 1 aliphatic rings. The lowest BCUT2D eigenvalue weighted by Crippen LogP contribution is -2.43. The molecule has 0 aliphatic carbocycles. The third kappa shape index (κ3) is 5.15. The summed E-state index contributed by atoms with van der Waals surface area (Å²) in [6.07, 6.45) is 1.68. The molecule has 4 rings (SSSR count). The van der Waals surface area contributed by atoms with Crippen molar-refractivity contribution < 1.29 is 17.5 Å². The lowest BCUT2D eigenvalue weighted by molar-refractivity contribution is 0.148. The van der Waals surface area contributed by atoms with Gasteiger partial charge in [0.05, 0.1) is 17.5 Å². The maximum absolute atomic E-state index is 13.3. The summed E-state index contributed by atoms with van der Waals surface area (Å²) >= 11 is 0. The Morgan fingerprint density at radius 2 is 1.65 bits per heavy atom. The quantitative estimate of drug-likeness (QED) is 0.547. The van der Waals surface area contributed by atoms with Crippen LogP contribution in [0.5, 0.6) is 5.75 Å². The van der Waals surface area contributed by atoms with E-state index in [0.717, 1.165) is 49.3 Å². The highest BCUT2D eigenvalue weighted by molar-refractivity contribution is 7.90. The summed E-state index contributed by atoms with van der Waals surface area (Å²) < 4.78 is 46.4. The van der Waals surface area contributed by atoms with Crippen LogP contribution in [0.2, 0.25) is 0 Å². The summed E-state index contributed by atoms with van der Waals surface area (Å²) in [6.45, 7) is 4.48. The van der Waals surface area contributed by atoms with Crippen molar-refractivity contribution in [1.29, 1.82) is 0 Å². The summed E-state index contributed by atoms with van der Waals surface area (Å²) in [7, 11) is -0.157. The van der Waals surface area contributed by atoms with Crippen LogP contribution in [0.4, 0.5) is 4.39 Å². The Balaban J connectivity index is 0.00000171. The highest BCUT2D eigenvalue weighted by atomic mass is 35.5. The maximum atomic E-state index is 13.3. The molecule has 0 amide bonds. The number of hydrogen-bond donors (Lipinski definition) is 0. The van der Waals surface area contributed by atoms with Crippen molar-refractivity contribution in [2.75, 3.05) is 40.3 Å². The number of aromatic nitrogens is 1. The van der Waals surface area contributed by atoms with Crippen LogP contribution >= 0.6 is 24.8 Å². The van der Waals surface area contributed by atoms with Crippen molar-refractivity contribution >= 4 is 45.7 Å². The standard InChI is InChI=1S/C21H24FN3O3S.2ClH/c1-23-9-11-24(12-10-23)14-16-15-25(21-8-5-18(28-2)13-20(16)21)29(26,27)19-6-3-17(22)4-7-19;;/h3-8,13,15H,9-12,14H2,1-2H3;2*1H. The number of benzene rings is 2. The van der Waals surface area contributed by atoms with Gasteiger partial charge in [0, 0.05) is 44.3 Å². The summed E-state index contributed by atoms with van der Waals surface area (Å²) in [6, 6.07) is 10.3. The molecule has 0 radical (unpaired) electrons. The Morgan fingerprint density at radius 3 is 2.26 bits per heavy atom. The third-order valence-electron chi connectivity index (χ3n) is 5.42. The molecule has 0 saturated carbocycles. The van der Waals surface area contributed by atoms with Gasteiger partial charge in [-0.1, -0.05) is 0 Å². The monoisotopic (exact) mass is 489 g/mol. The fourth-order valence-corrected chi connectivity index (χ4v) is 5.06. The normalized spacial score (nSPS) is 15.3. The molecule has 1 aliphatic heterocycles. The van der Waals surface area contributed by atoms with E-state index in [2.05, 4.69) is 16.8 Å². The minimum atomic E-state index is -3.85. The smallest absolute Gasteiger partial charge is 0.268 e. The first-order valence-electron chi connectivity index (χ1n) is 9.48. The van der Waals surface area contributed by atoms with Crippen molar-refractivity contribution in [3.63, 3.8) is 0 Å². The second kappa shape index (κ2) is 10.2. The molecule has 1 aromatic heterocycles. The molecule has 10 heteroatoms. The first kappa shape index (κ1) is 25.4. The topological polar surface area (TPSA) is 54.8 Å². The zero-order chi connectivity index (χ0) is 20.6. The predicted octanol–water partition coefficient (Wildman–Crippen LogP) is 3.62. The molecule has 1 saturated heterocycles. The third-order valence-corrected chi connectivity index (χ3v) is 7.11. The van der Waals surface area contributed by atoms with Crippen molar-refractivity contribution in [2.24, 2.45) is 0 Å². The second-order valence-corrected chi connectivity index (χ2v) is 9.19. The summed E-state index contributed by atoms with van der Waals surface area (Å²) in [5.41, 5.74) is 1.51. The zero-order valence-corrected chi connectivity index (χ0v) is 19.8. The second-order valence-electron chi connectivity index (χ2n) is 7.37. The van der Waals surface area contributed by atoms with Crippen LogP contribution in [0, 0.1) is 5.82 Å². The number of ether oxygens (including phenoxy) is 1. The first-order chi connectivity index (χ1) is 13.9. The fourth-order valence-electron chi connectivity index (χ4n) is 3.66. The molecule has 0 atom stereocenters. The van der Waals surface area contributed by atoms with Crippen molar-refractivity contribution in [1.82, 2.24) is 13.8 Å². The van der Waals surface area contributed by atoms with Gasteiger partial charge < -0.3 is 9.64 Å². The number of likely N-dealkylation sites (N-methyl/N-ethyl adjacent to an activating group) is 1. The maximum Gasteiger partial charge on any atom is 0.268 e. The molecule has 2 aromatic carbocycles. The van der Waals surface area contributed by atoms with Gasteiger partial charge in [0.2, 0.25) is 0 Å². The van der Waals surface area contributed by atoms with Crippen molar-refractivity contribution in [3.8, 4) is 5.75 Å². The molecule has 2 heterocycles. The molecule has 0 N–H and O–H groups in total. The summed E-state index contributed by atoms with van der Waals surface area (Å²) in [5.74, 6) is 0.205. The van der Waals surface area contributed by atoms with Gasteiger partial charge in [0.1, 0.15) is 11.6 Å². The van der Waals surface area contributed by atoms with Crippen LogP contribution in [0.3, 0.4) is 0 Å². The van der Waals surface area contributed by atoms with Crippen LogP contribution in [0.15, 0.2) is 53.6 Å². The van der Waals surface area contributed by atoms with Gasteiger partial charge in [-0.05, 0) is 55.1 Å². The number of rotatable bonds is 5. The van der Waals surface area contributed by atoms with Gasteiger partial charge in [-0.25, -0.2) is 16.8 Å². The molecule has 1 fully saturated rings. The zero-order valence-electron chi connectivity index (χ0n) is 17.3. The lowest BCUT2D eigenvalue weighted by Gasteiger charge is -2.32. The van der Waals surface area contributed by atoms with Crippen LogP contribution in [0.1, 0.15) is 5.56 Å². The Labute approximate surface area is 194 Å². The summed E-state index contributed by atoms with van der Waals surface area (Å²) in [4.78, 5) is 4.66. The number of methoxy groups -OCH3 is 1. The number of nitrogens with zero attached hydrogens (tertiary/aromatic N) is 3. The van der Waals surface area contributed by atoms with Crippen molar-refractivity contribution in [2.45, 2.75) is 11.4 Å². The summed E-state index contributed by atoms with van der Waals surface area (Å²) in [5, 5.41) is 0.842. The Morgan fingerprint density at radius 1 is 1.00 bits per heavy atom.